The van der Waals surface area contributed by atoms with Gasteiger partial charge < -0.3 is 19.8 Å². The van der Waals surface area contributed by atoms with Crippen LogP contribution >= 0.6 is 0 Å². The van der Waals surface area contributed by atoms with E-state index in [4.69, 9.17) is 15.2 Å². The lowest BCUT2D eigenvalue weighted by Gasteiger charge is -2.43. The lowest BCUT2D eigenvalue weighted by Crippen LogP contribution is -2.53. The van der Waals surface area contributed by atoms with Gasteiger partial charge in [0.05, 0.1) is 19.3 Å². The number of methoxy groups -OCH3 is 1. The highest BCUT2D eigenvalue weighted by atomic mass is 16.5. The molecule has 0 unspecified atom stereocenters. The Balaban J connectivity index is 1.45. The Morgan fingerprint density at radius 3 is 2.53 bits per heavy atom. The number of ether oxygens (including phenoxy) is 2. The summed E-state index contributed by atoms with van der Waals surface area (Å²) < 4.78 is 13.3. The molecule has 1 amide bonds. The molecule has 2 fully saturated rings. The van der Waals surface area contributed by atoms with E-state index < -0.39 is 0 Å². The third-order valence-corrected chi connectivity index (χ3v) is 6.41. The molecule has 2 atom stereocenters. The van der Waals surface area contributed by atoms with E-state index in [2.05, 4.69) is 35.9 Å². The molecule has 0 radical (unpaired) electrons. The first-order chi connectivity index (χ1) is 14.4. The molecule has 2 aliphatic rings. The number of nitrogens with zero attached hydrogens (tertiary/aromatic N) is 3. The average molecular weight is 415 g/mol. The first kappa shape index (κ1) is 21.2. The van der Waals surface area contributed by atoms with Crippen LogP contribution in [0.3, 0.4) is 0 Å². The molecule has 164 valence electrons. The quantitative estimate of drug-likeness (QED) is 0.785. The molecule has 7 heteroatoms. The second-order valence-corrected chi connectivity index (χ2v) is 8.85. The lowest BCUT2D eigenvalue weighted by molar-refractivity contribution is -0.118. The molecule has 0 saturated carbocycles. The number of rotatable bonds is 6. The maximum absolute atomic E-state index is 11.5. The average Bonchev–Trinajstić information content (AvgIpc) is 3.03. The fourth-order valence-corrected chi connectivity index (χ4v) is 5.10. The van der Waals surface area contributed by atoms with Crippen molar-refractivity contribution < 1.29 is 14.3 Å². The van der Waals surface area contributed by atoms with Crippen molar-refractivity contribution in [3.05, 3.63) is 30.0 Å². The first-order valence-electron chi connectivity index (χ1n) is 11.0. The predicted molar refractivity (Wildman–Crippen MR) is 118 cm³/mol. The highest BCUT2D eigenvalue weighted by Crippen LogP contribution is 2.29. The Hall–Kier alpha value is -2.09. The van der Waals surface area contributed by atoms with E-state index in [1.165, 1.54) is 18.4 Å². The number of carbonyl (C=O) groups excluding carboxylic acids is 1. The van der Waals surface area contributed by atoms with Crippen molar-refractivity contribution in [2.45, 2.75) is 58.0 Å². The van der Waals surface area contributed by atoms with Crippen LogP contribution < -0.4 is 10.5 Å². The number of morpholine rings is 1. The van der Waals surface area contributed by atoms with Crippen molar-refractivity contribution in [2.75, 3.05) is 33.3 Å². The zero-order chi connectivity index (χ0) is 21.3. The summed E-state index contributed by atoms with van der Waals surface area (Å²) in [5.41, 5.74) is 7.71. The van der Waals surface area contributed by atoms with Crippen molar-refractivity contribution in [1.29, 1.82) is 0 Å². The number of carbonyl (C=O) groups is 1. The van der Waals surface area contributed by atoms with Gasteiger partial charge >= 0.3 is 0 Å². The number of amides is 1. The smallest absolute Gasteiger partial charge is 0.237 e. The van der Waals surface area contributed by atoms with Gasteiger partial charge in [0.1, 0.15) is 12.3 Å². The van der Waals surface area contributed by atoms with Crippen molar-refractivity contribution in [1.82, 2.24) is 14.4 Å². The molecule has 1 aromatic heterocycles. The summed E-state index contributed by atoms with van der Waals surface area (Å²) in [5, 5.41) is 1.13. The van der Waals surface area contributed by atoms with E-state index in [0.29, 0.717) is 18.2 Å². The van der Waals surface area contributed by atoms with Crippen LogP contribution in [-0.2, 0) is 22.6 Å². The van der Waals surface area contributed by atoms with Crippen LogP contribution in [0.4, 0.5) is 0 Å². The van der Waals surface area contributed by atoms with Crippen LogP contribution in [0.5, 0.6) is 5.75 Å². The number of piperidine rings is 1. The molecule has 2 N–H and O–H groups in total. The number of likely N-dealkylation sites (tertiary alicyclic amines) is 1. The highest BCUT2D eigenvalue weighted by Gasteiger charge is 2.30. The van der Waals surface area contributed by atoms with Crippen LogP contribution in [0, 0.1) is 0 Å². The molecule has 2 aromatic rings. The minimum absolute atomic E-state index is 0.193. The van der Waals surface area contributed by atoms with Crippen molar-refractivity contribution >= 4 is 16.8 Å². The minimum atomic E-state index is -0.330. The van der Waals surface area contributed by atoms with Crippen LogP contribution in [0.25, 0.3) is 10.9 Å². The summed E-state index contributed by atoms with van der Waals surface area (Å²) in [6.07, 6.45) is 5.08. The number of hydrogen-bond acceptors (Lipinski definition) is 5. The SMILES string of the molecule is COc1ccc2c(c1)c(CN1CCC(N3C[C@@H](C)O[C@@H](C)C3)CC1)cn2CC(N)=O. The van der Waals surface area contributed by atoms with Crippen molar-refractivity contribution in [3.63, 3.8) is 0 Å². The summed E-state index contributed by atoms with van der Waals surface area (Å²) in [6.45, 7) is 9.65. The van der Waals surface area contributed by atoms with Gasteiger partial charge in [-0.3, -0.25) is 14.6 Å². The van der Waals surface area contributed by atoms with Gasteiger partial charge in [0, 0.05) is 42.8 Å². The molecular weight excluding hydrogens is 380 g/mol. The predicted octanol–water partition coefficient (Wildman–Crippen LogP) is 2.21. The first-order valence-corrected chi connectivity index (χ1v) is 11.0. The standard InChI is InChI=1S/C23H34N4O3/c1-16-11-26(12-17(2)30-16)19-6-8-25(9-7-19)13-18-14-27(15-23(24)28)22-5-4-20(29-3)10-21(18)22/h4-5,10,14,16-17,19H,6-9,11-13,15H2,1-3H3,(H2,24,28)/t16-,17+. The second kappa shape index (κ2) is 8.96. The maximum Gasteiger partial charge on any atom is 0.237 e. The third-order valence-electron chi connectivity index (χ3n) is 6.41. The lowest BCUT2D eigenvalue weighted by atomic mass is 10.0. The maximum atomic E-state index is 11.5. The van der Waals surface area contributed by atoms with Gasteiger partial charge in [-0.15, -0.1) is 0 Å². The molecule has 2 saturated heterocycles. The fourth-order valence-electron chi connectivity index (χ4n) is 5.10. The number of aromatic nitrogens is 1. The molecule has 1 aromatic carbocycles. The van der Waals surface area contributed by atoms with Gasteiger partial charge in [-0.1, -0.05) is 0 Å². The second-order valence-electron chi connectivity index (χ2n) is 8.85. The Morgan fingerprint density at radius 1 is 1.20 bits per heavy atom. The molecule has 0 bridgehead atoms. The van der Waals surface area contributed by atoms with Crippen LogP contribution in [0.1, 0.15) is 32.3 Å². The Labute approximate surface area is 178 Å². The van der Waals surface area contributed by atoms with Gasteiger partial charge in [-0.05, 0) is 63.5 Å². The number of primary amides is 1. The van der Waals surface area contributed by atoms with Crippen LogP contribution in [0.15, 0.2) is 24.4 Å². The van der Waals surface area contributed by atoms with Gasteiger partial charge in [-0.2, -0.15) is 0 Å². The molecule has 0 spiro atoms. The van der Waals surface area contributed by atoms with E-state index in [0.717, 1.165) is 49.4 Å². The monoisotopic (exact) mass is 414 g/mol. The topological polar surface area (TPSA) is 73.0 Å². The van der Waals surface area contributed by atoms with E-state index >= 15 is 0 Å². The van der Waals surface area contributed by atoms with Gasteiger partial charge in [-0.25, -0.2) is 0 Å². The zero-order valence-electron chi connectivity index (χ0n) is 18.3. The number of benzene rings is 1. The van der Waals surface area contributed by atoms with Gasteiger partial charge in [0.15, 0.2) is 0 Å². The normalized spacial score (nSPS) is 24.4. The molecule has 7 nitrogen and oxygen atoms in total. The van der Waals surface area contributed by atoms with Gasteiger partial charge in [0.2, 0.25) is 5.91 Å². The summed E-state index contributed by atoms with van der Waals surface area (Å²) in [7, 11) is 1.68. The zero-order valence-corrected chi connectivity index (χ0v) is 18.3. The summed E-state index contributed by atoms with van der Waals surface area (Å²) in [5.74, 6) is 0.499. The fraction of sp³-hybridized carbons (Fsp3) is 0.609. The van der Waals surface area contributed by atoms with E-state index in [1.807, 2.05) is 16.7 Å². The van der Waals surface area contributed by atoms with Crippen molar-refractivity contribution in [2.24, 2.45) is 5.73 Å². The number of fused-ring (bicyclic) bond motifs is 1. The van der Waals surface area contributed by atoms with E-state index in [1.54, 1.807) is 7.11 Å². The van der Waals surface area contributed by atoms with Crippen LogP contribution in [-0.4, -0.2) is 71.8 Å². The molecule has 0 aliphatic carbocycles. The summed E-state index contributed by atoms with van der Waals surface area (Å²) >= 11 is 0. The summed E-state index contributed by atoms with van der Waals surface area (Å²) in [4.78, 5) is 16.7. The van der Waals surface area contributed by atoms with E-state index in [9.17, 15) is 4.79 Å². The largest absolute Gasteiger partial charge is 0.497 e. The Kier molecular flexibility index (Phi) is 6.32. The van der Waals surface area contributed by atoms with E-state index in [-0.39, 0.29) is 12.5 Å². The van der Waals surface area contributed by atoms with Crippen LogP contribution in [0.2, 0.25) is 0 Å². The highest BCUT2D eigenvalue weighted by molar-refractivity contribution is 5.87. The number of hydrogen-bond donors (Lipinski definition) is 1. The van der Waals surface area contributed by atoms with Gasteiger partial charge in [0.25, 0.3) is 0 Å². The molecule has 2 aliphatic heterocycles. The Morgan fingerprint density at radius 2 is 1.90 bits per heavy atom. The van der Waals surface area contributed by atoms with Crippen molar-refractivity contribution in [3.8, 4) is 5.75 Å². The minimum Gasteiger partial charge on any atom is -0.497 e. The third kappa shape index (κ3) is 4.63. The molecule has 4 rings (SSSR count). The Bertz CT molecular complexity index is 878. The molecule has 30 heavy (non-hydrogen) atoms. The number of nitrogens with two attached hydrogens (primary N) is 1. The molecular formula is C23H34N4O3. The summed E-state index contributed by atoms with van der Waals surface area (Å²) in [6, 6.07) is 6.64. The molecule has 3 heterocycles.